The largest absolute Gasteiger partial charge is 0.493 e. The number of ether oxygens (including phenoxy) is 2. The van der Waals surface area contributed by atoms with Crippen molar-refractivity contribution in [2.75, 3.05) is 39.5 Å². The van der Waals surface area contributed by atoms with Crippen LogP contribution < -0.4 is 10.1 Å². The number of amides is 1. The molecule has 3 aliphatic rings. The first-order chi connectivity index (χ1) is 14.8. The quantitative estimate of drug-likeness (QED) is 0.790. The summed E-state index contributed by atoms with van der Waals surface area (Å²) >= 11 is 0. The van der Waals surface area contributed by atoms with Crippen LogP contribution in [0, 0.1) is 17.8 Å². The minimum absolute atomic E-state index is 0.0548. The van der Waals surface area contributed by atoms with Crippen molar-refractivity contribution in [1.29, 1.82) is 0 Å². The second-order valence-corrected chi connectivity index (χ2v) is 8.63. The van der Waals surface area contributed by atoms with Crippen molar-refractivity contribution in [3.63, 3.8) is 0 Å². The van der Waals surface area contributed by atoms with Crippen molar-refractivity contribution in [3.05, 3.63) is 48.3 Å². The van der Waals surface area contributed by atoms with Crippen LogP contribution in [0.4, 0.5) is 0 Å². The molecular formula is C23H30N4O3. The van der Waals surface area contributed by atoms with E-state index in [-0.39, 0.29) is 23.8 Å². The van der Waals surface area contributed by atoms with E-state index in [4.69, 9.17) is 9.47 Å². The van der Waals surface area contributed by atoms with Crippen LogP contribution in [0.3, 0.4) is 0 Å². The van der Waals surface area contributed by atoms with Gasteiger partial charge in [-0.25, -0.2) is 0 Å². The molecule has 7 heteroatoms. The molecule has 0 bridgehead atoms. The van der Waals surface area contributed by atoms with E-state index in [0.717, 1.165) is 44.9 Å². The van der Waals surface area contributed by atoms with Gasteiger partial charge in [-0.3, -0.25) is 14.4 Å². The van der Waals surface area contributed by atoms with Crippen molar-refractivity contribution in [2.24, 2.45) is 17.8 Å². The number of nitrogens with one attached hydrogen (secondary N) is 1. The highest BCUT2D eigenvalue weighted by atomic mass is 16.5. The van der Waals surface area contributed by atoms with Crippen LogP contribution in [0.5, 0.6) is 5.75 Å². The third-order valence-corrected chi connectivity index (χ3v) is 6.79. The van der Waals surface area contributed by atoms with E-state index in [1.165, 1.54) is 5.56 Å². The number of rotatable bonds is 6. The lowest BCUT2D eigenvalue weighted by Crippen LogP contribution is -2.39. The van der Waals surface area contributed by atoms with Gasteiger partial charge in [0.05, 0.1) is 19.1 Å². The number of carbonyl (C=O) groups excluding carboxylic acids is 1. The van der Waals surface area contributed by atoms with Gasteiger partial charge in [0.15, 0.2) is 0 Å². The zero-order chi connectivity index (χ0) is 20.3. The van der Waals surface area contributed by atoms with Crippen LogP contribution in [-0.2, 0) is 16.1 Å². The first-order valence-electron chi connectivity index (χ1n) is 11.1. The Morgan fingerprint density at radius 3 is 2.90 bits per heavy atom. The Hall–Kier alpha value is -2.38. The Morgan fingerprint density at radius 2 is 2.07 bits per heavy atom. The monoisotopic (exact) mass is 410 g/mol. The molecule has 30 heavy (non-hydrogen) atoms. The lowest BCUT2D eigenvalue weighted by Gasteiger charge is -2.36. The maximum absolute atomic E-state index is 13.1. The van der Waals surface area contributed by atoms with E-state index >= 15 is 0 Å². The Kier molecular flexibility index (Phi) is 5.73. The number of nitrogens with zero attached hydrogens (tertiary/aromatic N) is 3. The predicted octanol–water partition coefficient (Wildman–Crippen LogP) is 2.11. The molecule has 0 aliphatic carbocycles. The number of hydrogen-bond acceptors (Lipinski definition) is 5. The van der Waals surface area contributed by atoms with Crippen LogP contribution in [0.1, 0.15) is 24.4 Å². The fraction of sp³-hybridized carbons (Fsp3) is 0.565. The van der Waals surface area contributed by atoms with E-state index < -0.39 is 0 Å². The van der Waals surface area contributed by atoms with E-state index in [1.807, 2.05) is 23.0 Å². The molecule has 0 saturated carbocycles. The maximum Gasteiger partial charge on any atom is 0.224 e. The van der Waals surface area contributed by atoms with Gasteiger partial charge in [-0.05, 0) is 30.9 Å². The number of likely N-dealkylation sites (tertiary alicyclic amines) is 1. The molecule has 1 N–H and O–H groups in total. The molecule has 1 amide bonds. The van der Waals surface area contributed by atoms with Gasteiger partial charge in [0.25, 0.3) is 0 Å². The Bertz CT molecular complexity index is 850. The van der Waals surface area contributed by atoms with Gasteiger partial charge in [0.1, 0.15) is 5.75 Å². The Morgan fingerprint density at radius 1 is 1.20 bits per heavy atom. The molecule has 2 aromatic rings. The highest BCUT2D eigenvalue weighted by molar-refractivity contribution is 5.80. The summed E-state index contributed by atoms with van der Waals surface area (Å²) in [6.07, 6.45) is 5.88. The number of aromatic nitrogens is 2. The molecule has 2 saturated heterocycles. The zero-order valence-electron chi connectivity index (χ0n) is 17.3. The van der Waals surface area contributed by atoms with Gasteiger partial charge >= 0.3 is 0 Å². The Balaban J connectivity index is 1.31. The summed E-state index contributed by atoms with van der Waals surface area (Å²) in [5.41, 5.74) is 1.23. The van der Waals surface area contributed by atoms with Crippen molar-refractivity contribution in [1.82, 2.24) is 20.0 Å². The van der Waals surface area contributed by atoms with Gasteiger partial charge in [-0.2, -0.15) is 5.10 Å². The summed E-state index contributed by atoms with van der Waals surface area (Å²) in [5.74, 6) is 1.87. The third kappa shape index (κ3) is 3.96. The minimum atomic E-state index is -0.0548. The lowest BCUT2D eigenvalue weighted by molar-refractivity contribution is -0.126. The van der Waals surface area contributed by atoms with Gasteiger partial charge in [0, 0.05) is 62.8 Å². The third-order valence-electron chi connectivity index (χ3n) is 6.79. The number of hydrogen-bond donors (Lipinski definition) is 1. The summed E-state index contributed by atoms with van der Waals surface area (Å²) in [5, 5.41) is 7.35. The molecule has 0 radical (unpaired) electrons. The molecule has 1 aromatic heterocycles. The minimum Gasteiger partial charge on any atom is -0.493 e. The summed E-state index contributed by atoms with van der Waals surface area (Å²) in [7, 11) is 0. The normalized spacial score (nSPS) is 26.6. The van der Waals surface area contributed by atoms with Crippen LogP contribution in [0.2, 0.25) is 0 Å². The first-order valence-corrected chi connectivity index (χ1v) is 11.1. The fourth-order valence-corrected chi connectivity index (χ4v) is 5.25. The Labute approximate surface area is 177 Å². The predicted molar refractivity (Wildman–Crippen MR) is 112 cm³/mol. The van der Waals surface area contributed by atoms with E-state index in [2.05, 4.69) is 33.5 Å². The van der Waals surface area contributed by atoms with Crippen LogP contribution >= 0.6 is 0 Å². The second kappa shape index (κ2) is 8.78. The molecule has 7 nitrogen and oxygen atoms in total. The van der Waals surface area contributed by atoms with E-state index in [0.29, 0.717) is 25.6 Å². The summed E-state index contributed by atoms with van der Waals surface area (Å²) in [4.78, 5) is 15.7. The molecule has 3 aliphatic heterocycles. The van der Waals surface area contributed by atoms with Crippen molar-refractivity contribution in [2.45, 2.75) is 25.4 Å². The molecule has 3 atom stereocenters. The summed E-state index contributed by atoms with van der Waals surface area (Å²) in [6.45, 7) is 5.39. The summed E-state index contributed by atoms with van der Waals surface area (Å²) < 4.78 is 13.5. The van der Waals surface area contributed by atoms with Gasteiger partial charge in [0.2, 0.25) is 5.91 Å². The highest BCUT2D eigenvalue weighted by Crippen LogP contribution is 2.47. The molecule has 160 valence electrons. The van der Waals surface area contributed by atoms with E-state index in [1.54, 1.807) is 6.20 Å². The van der Waals surface area contributed by atoms with Gasteiger partial charge < -0.3 is 14.8 Å². The first kappa shape index (κ1) is 19.6. The van der Waals surface area contributed by atoms with Crippen LogP contribution in [-0.4, -0.2) is 60.0 Å². The fourth-order valence-electron chi connectivity index (χ4n) is 5.25. The number of carbonyl (C=O) groups is 1. The number of para-hydroxylation sites is 1. The van der Waals surface area contributed by atoms with Crippen molar-refractivity contribution < 1.29 is 14.3 Å². The molecule has 5 rings (SSSR count). The lowest BCUT2D eigenvalue weighted by atomic mass is 9.84. The van der Waals surface area contributed by atoms with Crippen molar-refractivity contribution in [3.8, 4) is 5.75 Å². The number of benzene rings is 1. The van der Waals surface area contributed by atoms with Gasteiger partial charge in [-0.15, -0.1) is 0 Å². The zero-order valence-corrected chi connectivity index (χ0v) is 17.3. The number of fused-ring (bicyclic) bond motifs is 3. The highest BCUT2D eigenvalue weighted by Gasteiger charge is 2.49. The molecule has 0 spiro atoms. The molecule has 4 heterocycles. The maximum atomic E-state index is 13.1. The molecule has 2 fully saturated rings. The van der Waals surface area contributed by atoms with E-state index in [9.17, 15) is 4.79 Å². The molecule has 1 aromatic carbocycles. The van der Waals surface area contributed by atoms with Crippen molar-refractivity contribution >= 4 is 5.91 Å². The average molecular weight is 411 g/mol. The average Bonchev–Trinajstić information content (AvgIpc) is 3.43. The second-order valence-electron chi connectivity index (χ2n) is 8.63. The SMILES string of the molecule is O=C(NCCn1cccn1)[C@@H]1CN(CC2CCOCC2)[C@H]2c3ccccc3OC[C@@H]12. The topological polar surface area (TPSA) is 68.6 Å². The summed E-state index contributed by atoms with van der Waals surface area (Å²) in [6, 6.07) is 10.5. The smallest absolute Gasteiger partial charge is 0.224 e. The standard InChI is InChI=1S/C23H30N4O3/c28-23(24-9-11-27-10-3-8-25-27)19-15-26(14-17-6-12-29-13-7-17)22-18-4-1-2-5-21(18)30-16-20(19)22/h1-5,8,10,17,19-20,22H,6-7,9,11-16H2,(H,24,28)/t19-,20+,22+/m1/s1. The molecule has 0 unspecified atom stereocenters. The van der Waals surface area contributed by atoms with Crippen LogP contribution in [0.25, 0.3) is 0 Å². The van der Waals surface area contributed by atoms with Gasteiger partial charge in [-0.1, -0.05) is 18.2 Å². The molecular weight excluding hydrogens is 380 g/mol. The van der Waals surface area contributed by atoms with Crippen LogP contribution in [0.15, 0.2) is 42.7 Å².